The van der Waals surface area contributed by atoms with Crippen molar-refractivity contribution in [1.82, 2.24) is 9.97 Å². The molecule has 7 heteroatoms. The second kappa shape index (κ2) is 16.0. The fourth-order valence-corrected chi connectivity index (χ4v) is 6.49. The molecule has 1 radical (unpaired) electrons. The Kier molecular flexibility index (Phi) is 13.7. The molecule has 0 aliphatic carbocycles. The van der Waals surface area contributed by atoms with Crippen LogP contribution < -0.4 is 0 Å². The third kappa shape index (κ3) is 8.59. The average molecular weight is 782 g/mol. The second-order valence-corrected chi connectivity index (χ2v) is 13.2. The minimum absolute atomic E-state index is 0. The van der Waals surface area contributed by atoms with Gasteiger partial charge >= 0.3 is 0 Å². The predicted molar refractivity (Wildman–Crippen MR) is 176 cm³/mol. The van der Waals surface area contributed by atoms with Gasteiger partial charge < -0.3 is 5.11 Å². The SMILES string of the molecule is CC(C)c1c(F)sc2c(-c3[c-]c4ccccc4c(C(C)(C)C)c3)ncnc12.CCC(CC)C(=O)/C=C(\O)C(CC)CC.[Ir]. The van der Waals surface area contributed by atoms with Crippen LogP contribution in [-0.2, 0) is 30.3 Å². The van der Waals surface area contributed by atoms with Crippen LogP contribution in [0, 0.1) is 23.0 Å². The van der Waals surface area contributed by atoms with Gasteiger partial charge in [-0.25, -0.2) is 4.98 Å². The van der Waals surface area contributed by atoms with E-state index in [2.05, 4.69) is 61.1 Å². The number of hydrogen-bond acceptors (Lipinski definition) is 5. The predicted octanol–water partition coefficient (Wildman–Crippen LogP) is 10.7. The monoisotopic (exact) mass is 782 g/mol. The smallest absolute Gasteiger partial charge is 0.182 e. The largest absolute Gasteiger partial charge is 0.512 e. The number of aliphatic hydroxyl groups excluding tert-OH is 1. The summed E-state index contributed by atoms with van der Waals surface area (Å²) in [6, 6.07) is 13.9. The van der Waals surface area contributed by atoms with Gasteiger partial charge in [-0.15, -0.1) is 40.5 Å². The van der Waals surface area contributed by atoms with Crippen molar-refractivity contribution < 1.29 is 34.4 Å². The molecule has 2 aromatic carbocycles. The standard InChI is InChI=1S/C23H22FN2S.C13H24O2.Ir/c1-13(2)18-20-21(27-22(18)24)19(25-12-26-20)15-10-14-8-6-7-9-16(14)17(11-15)23(3,4)5;1-5-10(6-2)12(14)9-13(15)11(7-3)8-4;/h6-9,11-13H,1-5H3;9-11,14H,5-8H2,1-4H3;/q-1;;/b;12-9-;. The normalized spacial score (nSPS) is 12.2. The van der Waals surface area contributed by atoms with Crippen molar-refractivity contribution in [2.45, 2.75) is 99.3 Å². The van der Waals surface area contributed by atoms with Crippen LogP contribution in [0.3, 0.4) is 0 Å². The Morgan fingerprint density at radius 2 is 1.63 bits per heavy atom. The van der Waals surface area contributed by atoms with Crippen LogP contribution in [-0.4, -0.2) is 20.9 Å². The van der Waals surface area contributed by atoms with E-state index in [1.165, 1.54) is 23.4 Å². The Morgan fingerprint density at radius 1 is 1.02 bits per heavy atom. The first-order valence-corrected chi connectivity index (χ1v) is 16.0. The first kappa shape index (κ1) is 36.7. The molecule has 235 valence electrons. The number of aromatic nitrogens is 2. The first-order chi connectivity index (χ1) is 19.9. The molecule has 43 heavy (non-hydrogen) atoms. The maximum Gasteiger partial charge on any atom is 0.182 e. The van der Waals surface area contributed by atoms with Crippen LogP contribution in [0.5, 0.6) is 0 Å². The number of allylic oxidation sites excluding steroid dienone is 2. The topological polar surface area (TPSA) is 63.1 Å². The van der Waals surface area contributed by atoms with E-state index in [9.17, 15) is 14.3 Å². The van der Waals surface area contributed by atoms with Crippen molar-refractivity contribution in [1.29, 1.82) is 0 Å². The number of aliphatic hydroxyl groups is 1. The molecule has 0 aliphatic rings. The van der Waals surface area contributed by atoms with Crippen molar-refractivity contribution in [2.75, 3.05) is 0 Å². The Labute approximate surface area is 274 Å². The van der Waals surface area contributed by atoms with Gasteiger partial charge in [0, 0.05) is 54.0 Å². The van der Waals surface area contributed by atoms with E-state index in [1.54, 1.807) is 0 Å². The second-order valence-electron chi connectivity index (χ2n) is 12.2. The molecule has 0 aliphatic heterocycles. The third-order valence-corrected chi connectivity index (χ3v) is 8.95. The van der Waals surface area contributed by atoms with Crippen LogP contribution in [0.4, 0.5) is 4.39 Å². The van der Waals surface area contributed by atoms with Crippen LogP contribution >= 0.6 is 11.3 Å². The zero-order chi connectivity index (χ0) is 31.2. The van der Waals surface area contributed by atoms with Gasteiger partial charge in [-0.2, -0.15) is 4.39 Å². The van der Waals surface area contributed by atoms with Crippen LogP contribution in [0.1, 0.15) is 105 Å². The van der Waals surface area contributed by atoms with Gasteiger partial charge in [-0.3, -0.25) is 9.78 Å². The number of fused-ring (bicyclic) bond motifs is 2. The molecule has 0 atom stereocenters. The van der Waals surface area contributed by atoms with Crippen molar-refractivity contribution in [3.05, 3.63) is 70.8 Å². The molecule has 4 aromatic rings. The van der Waals surface area contributed by atoms with E-state index in [4.69, 9.17) is 0 Å². The van der Waals surface area contributed by atoms with E-state index in [-0.39, 0.29) is 59.9 Å². The molecule has 0 unspecified atom stereocenters. The minimum atomic E-state index is -0.168. The number of halogens is 1. The van der Waals surface area contributed by atoms with Gasteiger partial charge in [0.05, 0.1) is 11.3 Å². The molecule has 4 rings (SSSR count). The number of carbonyl (C=O) groups is 1. The molecule has 0 spiro atoms. The summed E-state index contributed by atoms with van der Waals surface area (Å²) in [5.74, 6) is 0.623. The molecule has 4 nitrogen and oxygen atoms in total. The molecule has 1 N–H and O–H groups in total. The van der Waals surface area contributed by atoms with E-state index >= 15 is 0 Å². The average Bonchev–Trinajstić information content (AvgIpc) is 3.29. The van der Waals surface area contributed by atoms with Crippen LogP contribution in [0.2, 0.25) is 0 Å². The maximum atomic E-state index is 14.6. The molecular weight excluding hydrogens is 736 g/mol. The molecule has 0 saturated carbocycles. The number of rotatable bonds is 9. The fraction of sp³-hybridized carbons (Fsp3) is 0.472. The zero-order valence-electron chi connectivity index (χ0n) is 27.0. The Balaban J connectivity index is 0.000000348. The zero-order valence-corrected chi connectivity index (χ0v) is 30.2. The summed E-state index contributed by atoms with van der Waals surface area (Å²) >= 11 is 1.14. The van der Waals surface area contributed by atoms with E-state index in [0.717, 1.165) is 63.9 Å². The van der Waals surface area contributed by atoms with Gasteiger partial charge in [0.15, 0.2) is 10.9 Å². The summed E-state index contributed by atoms with van der Waals surface area (Å²) in [6.45, 7) is 18.7. The van der Waals surface area contributed by atoms with Gasteiger partial charge in [-0.05, 0) is 37.0 Å². The van der Waals surface area contributed by atoms with Crippen molar-refractivity contribution in [3.63, 3.8) is 0 Å². The summed E-state index contributed by atoms with van der Waals surface area (Å²) in [4.78, 5) is 20.6. The maximum absolute atomic E-state index is 14.6. The summed E-state index contributed by atoms with van der Waals surface area (Å²) in [5.41, 5.74) is 4.25. The summed E-state index contributed by atoms with van der Waals surface area (Å²) in [6.07, 6.45) is 6.44. The molecule has 0 bridgehead atoms. The van der Waals surface area contributed by atoms with Crippen LogP contribution in [0.25, 0.3) is 32.2 Å². The molecular formula is C36H46FIrN2O2S-. The van der Waals surface area contributed by atoms with Crippen molar-refractivity contribution in [2.24, 2.45) is 11.8 Å². The van der Waals surface area contributed by atoms with Gasteiger partial charge in [0.1, 0.15) is 6.33 Å². The Bertz CT molecular complexity index is 1550. The van der Waals surface area contributed by atoms with Gasteiger partial charge in [-0.1, -0.05) is 91.5 Å². The van der Waals surface area contributed by atoms with Crippen molar-refractivity contribution in [3.8, 4) is 11.3 Å². The number of ketones is 1. The molecule has 0 saturated heterocycles. The van der Waals surface area contributed by atoms with E-state index < -0.39 is 0 Å². The van der Waals surface area contributed by atoms with Gasteiger partial charge in [0.2, 0.25) is 0 Å². The number of nitrogens with zero attached hydrogens (tertiary/aromatic N) is 2. The number of hydrogen-bond donors (Lipinski definition) is 1. The molecule has 2 heterocycles. The van der Waals surface area contributed by atoms with Crippen LogP contribution in [0.15, 0.2) is 48.5 Å². The number of carbonyl (C=O) groups excluding carboxylic acids is 1. The summed E-state index contributed by atoms with van der Waals surface area (Å²) < 4.78 is 15.4. The van der Waals surface area contributed by atoms with Crippen molar-refractivity contribution >= 4 is 38.1 Å². The van der Waals surface area contributed by atoms with Gasteiger partial charge in [0.25, 0.3) is 0 Å². The fourth-order valence-electron chi connectivity index (χ4n) is 5.35. The summed E-state index contributed by atoms with van der Waals surface area (Å²) in [7, 11) is 0. The minimum Gasteiger partial charge on any atom is -0.512 e. The van der Waals surface area contributed by atoms with E-state index in [0.29, 0.717) is 5.56 Å². The molecule has 2 aromatic heterocycles. The molecule has 0 amide bonds. The third-order valence-electron chi connectivity index (χ3n) is 7.96. The number of thiophene rings is 1. The Morgan fingerprint density at radius 3 is 2.19 bits per heavy atom. The first-order valence-electron chi connectivity index (χ1n) is 15.2. The summed E-state index contributed by atoms with van der Waals surface area (Å²) in [5, 5.41) is 11.8. The van der Waals surface area contributed by atoms with E-state index in [1.807, 2.05) is 47.6 Å². The quantitative estimate of drug-likeness (QED) is 0.104. The Hall–Kier alpha value is -2.47. The number of benzene rings is 2. The molecule has 0 fully saturated rings.